The second kappa shape index (κ2) is 11.9. The zero-order valence-electron chi connectivity index (χ0n) is 24.8. The van der Waals surface area contributed by atoms with E-state index in [0.29, 0.717) is 29.8 Å². The molecule has 0 amide bonds. The molecule has 1 aromatic heterocycles. The number of sulfone groups is 1. The van der Waals surface area contributed by atoms with Crippen molar-refractivity contribution in [2.24, 2.45) is 5.41 Å². The molecule has 3 heterocycles. The number of carboxylic acid groups (broad SMARTS) is 1. The molecule has 3 aromatic rings. The minimum atomic E-state index is -5.08. The molecule has 244 valence electrons. The number of nitrogens with zero attached hydrogens (tertiary/aromatic N) is 4. The van der Waals surface area contributed by atoms with Gasteiger partial charge in [-0.1, -0.05) is 0 Å². The average molecular weight is 656 g/mol. The Morgan fingerprint density at radius 2 is 1.51 bits per heavy atom. The Kier molecular flexibility index (Phi) is 8.62. The first-order chi connectivity index (χ1) is 20.9. The van der Waals surface area contributed by atoms with E-state index in [1.807, 2.05) is 30.0 Å². The minimum absolute atomic E-state index is 0.149. The molecule has 0 atom stereocenters. The minimum Gasteiger partial charge on any atom is -0.475 e. The summed E-state index contributed by atoms with van der Waals surface area (Å²) in [5, 5.41) is 11.4. The van der Waals surface area contributed by atoms with Crippen LogP contribution in [0.4, 0.5) is 44.8 Å². The van der Waals surface area contributed by atoms with Gasteiger partial charge in [0.05, 0.1) is 21.5 Å². The van der Waals surface area contributed by atoms with Gasteiger partial charge in [0.25, 0.3) is 5.92 Å². The molecule has 3 fully saturated rings. The standard InChI is InChI=1S/C28H33F2N5O2S.C2HF3O2/c1-19-13-20(15-21(14-19)34-11-7-28(29,30)8-12-34)33-26-25-23(31-18-32-26)16-22(38(2,36)37)17-24(25)35-9-5-27(3-4-27)6-10-35;3-2(4,5)1(6)7/h13-18H,3-12H2,1-2H3,(H,31,32,33);(H,6,7). The van der Waals surface area contributed by atoms with E-state index in [0.717, 1.165) is 53.9 Å². The van der Waals surface area contributed by atoms with E-state index in [-0.39, 0.29) is 17.7 Å². The monoisotopic (exact) mass is 655 g/mol. The Bertz CT molecular complexity index is 1690. The first kappa shape index (κ1) is 32.6. The van der Waals surface area contributed by atoms with Crippen LogP contribution in [0.15, 0.2) is 41.6 Å². The van der Waals surface area contributed by atoms with Crippen molar-refractivity contribution in [1.29, 1.82) is 0 Å². The first-order valence-corrected chi connectivity index (χ1v) is 16.4. The van der Waals surface area contributed by atoms with Gasteiger partial charge in [0.15, 0.2) is 9.84 Å². The maximum Gasteiger partial charge on any atom is 0.490 e. The van der Waals surface area contributed by atoms with Crippen molar-refractivity contribution in [2.75, 3.05) is 47.6 Å². The predicted molar refractivity (Wildman–Crippen MR) is 160 cm³/mol. The Morgan fingerprint density at radius 1 is 0.911 bits per heavy atom. The molecule has 2 N–H and O–H groups in total. The molecule has 9 nitrogen and oxygen atoms in total. The van der Waals surface area contributed by atoms with Crippen molar-refractivity contribution < 1.29 is 40.3 Å². The molecule has 1 saturated carbocycles. The maximum absolute atomic E-state index is 13.7. The maximum atomic E-state index is 13.7. The number of benzene rings is 2. The van der Waals surface area contributed by atoms with Crippen LogP contribution in [0.3, 0.4) is 0 Å². The lowest BCUT2D eigenvalue weighted by Crippen LogP contribution is -2.39. The van der Waals surface area contributed by atoms with E-state index in [1.165, 1.54) is 25.4 Å². The van der Waals surface area contributed by atoms with E-state index >= 15 is 0 Å². The van der Waals surface area contributed by atoms with Crippen LogP contribution in [0, 0.1) is 12.3 Å². The van der Waals surface area contributed by atoms with Gasteiger partial charge in [-0.2, -0.15) is 13.2 Å². The van der Waals surface area contributed by atoms with Gasteiger partial charge in [-0.05, 0) is 73.9 Å². The summed E-state index contributed by atoms with van der Waals surface area (Å²) in [5.74, 6) is -4.76. The molecule has 2 aliphatic heterocycles. The second-order valence-electron chi connectivity index (χ2n) is 12.1. The molecule has 15 heteroatoms. The summed E-state index contributed by atoms with van der Waals surface area (Å²) in [4.78, 5) is 22.4. The number of aryl methyl sites for hydroxylation is 1. The van der Waals surface area contributed by atoms with Crippen LogP contribution in [0.1, 0.15) is 44.1 Å². The van der Waals surface area contributed by atoms with Gasteiger partial charge in [-0.15, -0.1) is 0 Å². The highest BCUT2D eigenvalue weighted by Crippen LogP contribution is 2.54. The third-order valence-corrected chi connectivity index (χ3v) is 9.76. The van der Waals surface area contributed by atoms with E-state index in [4.69, 9.17) is 9.90 Å². The van der Waals surface area contributed by atoms with Gasteiger partial charge in [0.1, 0.15) is 12.1 Å². The van der Waals surface area contributed by atoms with Gasteiger partial charge in [-0.25, -0.2) is 32.0 Å². The van der Waals surface area contributed by atoms with Gasteiger partial charge < -0.3 is 20.2 Å². The number of hydrogen-bond donors (Lipinski definition) is 2. The van der Waals surface area contributed by atoms with Crippen LogP contribution in [0.25, 0.3) is 10.9 Å². The van der Waals surface area contributed by atoms with Crippen LogP contribution >= 0.6 is 0 Å². The SMILES string of the molecule is Cc1cc(Nc2ncnc3cc(S(C)(=O)=O)cc(N4CCC5(CC4)CC5)c23)cc(N2CCC(F)(F)CC2)c1.O=C(O)C(F)(F)F. The molecule has 3 aliphatic rings. The number of nitrogens with one attached hydrogen (secondary N) is 1. The van der Waals surface area contributed by atoms with Crippen LogP contribution < -0.4 is 15.1 Å². The molecular formula is C30H34F5N5O4S. The smallest absolute Gasteiger partial charge is 0.475 e. The lowest BCUT2D eigenvalue weighted by atomic mass is 9.93. The van der Waals surface area contributed by atoms with E-state index < -0.39 is 27.9 Å². The number of piperidine rings is 2. The van der Waals surface area contributed by atoms with Crippen molar-refractivity contribution in [3.05, 3.63) is 42.2 Å². The molecule has 0 radical (unpaired) electrons. The number of aromatic nitrogens is 2. The van der Waals surface area contributed by atoms with Crippen molar-refractivity contribution >= 4 is 49.6 Å². The summed E-state index contributed by atoms with van der Waals surface area (Å²) in [7, 11) is -3.44. The summed E-state index contributed by atoms with van der Waals surface area (Å²) >= 11 is 0. The predicted octanol–water partition coefficient (Wildman–Crippen LogP) is 6.33. The number of halogens is 5. The summed E-state index contributed by atoms with van der Waals surface area (Å²) in [6.45, 7) is 4.33. The molecule has 6 rings (SSSR count). The number of fused-ring (bicyclic) bond motifs is 1. The number of rotatable bonds is 5. The number of hydrogen-bond acceptors (Lipinski definition) is 8. The zero-order valence-corrected chi connectivity index (χ0v) is 25.6. The van der Waals surface area contributed by atoms with Crippen molar-refractivity contribution in [3.63, 3.8) is 0 Å². The Hall–Kier alpha value is -3.75. The number of alkyl halides is 5. The highest BCUT2D eigenvalue weighted by Gasteiger charge is 2.44. The van der Waals surface area contributed by atoms with Crippen LogP contribution in [-0.4, -0.2) is 74.0 Å². The molecule has 2 saturated heterocycles. The molecule has 2 aromatic carbocycles. The van der Waals surface area contributed by atoms with Crippen molar-refractivity contribution in [3.8, 4) is 0 Å². The third kappa shape index (κ3) is 7.74. The summed E-state index contributed by atoms with van der Waals surface area (Å²) in [5.41, 5.74) is 4.57. The zero-order chi connectivity index (χ0) is 32.8. The normalized spacial score (nSPS) is 19.2. The number of carboxylic acids is 1. The molecule has 1 spiro atoms. The van der Waals surface area contributed by atoms with Gasteiger partial charge in [-0.3, -0.25) is 0 Å². The van der Waals surface area contributed by atoms with E-state index in [1.54, 1.807) is 12.1 Å². The summed E-state index contributed by atoms with van der Waals surface area (Å²) in [6, 6.07) is 9.35. The van der Waals surface area contributed by atoms with Crippen molar-refractivity contribution in [2.45, 2.75) is 62.4 Å². The lowest BCUT2D eigenvalue weighted by molar-refractivity contribution is -0.192. The summed E-state index contributed by atoms with van der Waals surface area (Å²) < 4.78 is 84.3. The van der Waals surface area contributed by atoms with E-state index in [9.17, 15) is 30.4 Å². The summed E-state index contributed by atoms with van der Waals surface area (Å²) in [6.07, 6.45) is 2.05. The fourth-order valence-electron chi connectivity index (χ4n) is 5.85. The van der Waals surface area contributed by atoms with Gasteiger partial charge >= 0.3 is 12.1 Å². The van der Waals surface area contributed by atoms with Crippen molar-refractivity contribution in [1.82, 2.24) is 9.97 Å². The molecule has 0 unspecified atom stereocenters. The molecular weight excluding hydrogens is 621 g/mol. The largest absolute Gasteiger partial charge is 0.490 e. The van der Waals surface area contributed by atoms with Crippen LogP contribution in [0.2, 0.25) is 0 Å². The first-order valence-electron chi connectivity index (χ1n) is 14.5. The highest BCUT2D eigenvalue weighted by molar-refractivity contribution is 7.90. The fraction of sp³-hybridized carbons (Fsp3) is 0.500. The average Bonchev–Trinajstić information content (AvgIpc) is 3.70. The highest BCUT2D eigenvalue weighted by atomic mass is 32.2. The van der Waals surface area contributed by atoms with E-state index in [2.05, 4.69) is 20.2 Å². The molecule has 1 aliphatic carbocycles. The Labute approximate surface area is 257 Å². The van der Waals surface area contributed by atoms with Gasteiger partial charge in [0, 0.05) is 56.7 Å². The topological polar surface area (TPSA) is 116 Å². The third-order valence-electron chi connectivity index (χ3n) is 8.67. The quantitative estimate of drug-likeness (QED) is 0.304. The second-order valence-corrected chi connectivity index (χ2v) is 14.2. The Morgan fingerprint density at radius 3 is 2.07 bits per heavy atom. The Balaban J connectivity index is 0.000000515. The number of carbonyl (C=O) groups is 1. The van der Waals surface area contributed by atoms with Crippen LogP contribution in [-0.2, 0) is 14.6 Å². The number of aliphatic carboxylic acids is 1. The van der Waals surface area contributed by atoms with Crippen LogP contribution in [0.5, 0.6) is 0 Å². The fourth-order valence-corrected chi connectivity index (χ4v) is 6.50. The molecule has 0 bridgehead atoms. The molecule has 45 heavy (non-hydrogen) atoms. The lowest BCUT2D eigenvalue weighted by Gasteiger charge is -2.35. The number of anilines is 4. The van der Waals surface area contributed by atoms with Gasteiger partial charge in [0.2, 0.25) is 0 Å².